The zero-order chi connectivity index (χ0) is 9.14. The summed E-state index contributed by atoms with van der Waals surface area (Å²) < 4.78 is 10.2. The summed E-state index contributed by atoms with van der Waals surface area (Å²) in [5.41, 5.74) is 0. The lowest BCUT2D eigenvalue weighted by molar-refractivity contribution is -0.238. The van der Waals surface area contributed by atoms with Crippen LogP contribution in [0.2, 0.25) is 0 Å². The lowest BCUT2D eigenvalue weighted by Crippen LogP contribution is -2.48. The highest BCUT2D eigenvalue weighted by Gasteiger charge is 2.36. The van der Waals surface area contributed by atoms with Crippen LogP contribution in [0.1, 0.15) is 19.8 Å². The van der Waals surface area contributed by atoms with Crippen molar-refractivity contribution in [3.63, 3.8) is 0 Å². The lowest BCUT2D eigenvalue weighted by atomic mass is 9.99. The van der Waals surface area contributed by atoms with Crippen molar-refractivity contribution in [1.29, 1.82) is 0 Å². The van der Waals surface area contributed by atoms with Gasteiger partial charge < -0.3 is 19.7 Å². The van der Waals surface area contributed by atoms with E-state index in [2.05, 4.69) is 0 Å². The van der Waals surface area contributed by atoms with Crippen molar-refractivity contribution in [2.24, 2.45) is 0 Å². The maximum atomic E-state index is 9.48. The molecule has 4 heteroatoms. The highest BCUT2D eigenvalue weighted by atomic mass is 16.6. The van der Waals surface area contributed by atoms with Crippen LogP contribution >= 0.6 is 0 Å². The predicted octanol–water partition coefficient (Wildman–Crippen LogP) is -0.120. The van der Waals surface area contributed by atoms with Gasteiger partial charge in [-0.15, -0.1) is 0 Å². The van der Waals surface area contributed by atoms with Gasteiger partial charge in [-0.1, -0.05) is 6.92 Å². The maximum Gasteiger partial charge on any atom is 0.157 e. The fourth-order valence-corrected chi connectivity index (χ4v) is 1.56. The van der Waals surface area contributed by atoms with Crippen molar-refractivity contribution in [3.05, 3.63) is 0 Å². The molecule has 0 radical (unpaired) electrons. The van der Waals surface area contributed by atoms with Crippen LogP contribution in [0, 0.1) is 0 Å². The van der Waals surface area contributed by atoms with E-state index in [1.807, 2.05) is 6.92 Å². The number of aliphatic hydroxyl groups excluding tert-OH is 2. The second-order valence-electron chi connectivity index (χ2n) is 3.04. The Morgan fingerprint density at radius 1 is 1.50 bits per heavy atom. The zero-order valence-electron chi connectivity index (χ0n) is 7.43. The van der Waals surface area contributed by atoms with E-state index in [9.17, 15) is 5.11 Å². The minimum absolute atomic E-state index is 0.200. The van der Waals surface area contributed by atoms with E-state index in [1.54, 1.807) is 0 Å². The average molecular weight is 176 g/mol. The molecule has 12 heavy (non-hydrogen) atoms. The maximum absolute atomic E-state index is 9.48. The van der Waals surface area contributed by atoms with Gasteiger partial charge in [-0.05, 0) is 6.42 Å². The van der Waals surface area contributed by atoms with Gasteiger partial charge in [-0.25, -0.2) is 0 Å². The Labute approximate surface area is 72.1 Å². The number of ether oxygens (including phenoxy) is 2. The number of hydrogen-bond donors (Lipinski definition) is 2. The normalized spacial score (nSPS) is 43.0. The third-order valence-corrected chi connectivity index (χ3v) is 2.20. The summed E-state index contributed by atoms with van der Waals surface area (Å²) in [5, 5.41) is 18.6. The molecule has 0 amide bonds. The monoisotopic (exact) mass is 176 g/mol. The van der Waals surface area contributed by atoms with E-state index in [1.165, 1.54) is 7.11 Å². The fraction of sp³-hybridized carbons (Fsp3) is 1.00. The summed E-state index contributed by atoms with van der Waals surface area (Å²) in [7, 11) is 1.54. The van der Waals surface area contributed by atoms with Crippen molar-refractivity contribution in [3.8, 4) is 0 Å². The molecule has 0 aromatic carbocycles. The van der Waals surface area contributed by atoms with Gasteiger partial charge in [0.15, 0.2) is 6.29 Å². The molecule has 4 atom stereocenters. The Bertz CT molecular complexity index is 139. The first-order valence-corrected chi connectivity index (χ1v) is 4.23. The van der Waals surface area contributed by atoms with Crippen LogP contribution in [0.4, 0.5) is 0 Å². The molecule has 0 spiro atoms. The van der Waals surface area contributed by atoms with Crippen LogP contribution in [0.3, 0.4) is 0 Å². The molecule has 1 fully saturated rings. The molecule has 1 rings (SSSR count). The molecule has 0 aromatic heterocycles. The predicted molar refractivity (Wildman–Crippen MR) is 42.6 cm³/mol. The zero-order valence-corrected chi connectivity index (χ0v) is 7.43. The average Bonchev–Trinajstić information content (AvgIpc) is 2.03. The lowest BCUT2D eigenvalue weighted by Gasteiger charge is -2.36. The van der Waals surface area contributed by atoms with Gasteiger partial charge in [0.1, 0.15) is 6.10 Å². The molecule has 1 unspecified atom stereocenters. The second kappa shape index (κ2) is 4.18. The number of rotatable bonds is 2. The van der Waals surface area contributed by atoms with E-state index < -0.39 is 12.4 Å². The summed E-state index contributed by atoms with van der Waals surface area (Å²) in [6.45, 7) is 1.93. The molecule has 2 N–H and O–H groups in total. The smallest absolute Gasteiger partial charge is 0.157 e. The molecule has 1 aliphatic heterocycles. The standard InChI is InChI=1S/C8H16O4/c1-3-6-8(11-2)5(9)4-7(10)12-6/h5-10H,3-4H2,1-2H3/t5-,6+,7?,8+/m0/s1. The molecule has 4 nitrogen and oxygen atoms in total. The van der Waals surface area contributed by atoms with E-state index in [4.69, 9.17) is 14.6 Å². The molecule has 0 bridgehead atoms. The number of hydrogen-bond acceptors (Lipinski definition) is 4. The topological polar surface area (TPSA) is 58.9 Å². The highest BCUT2D eigenvalue weighted by molar-refractivity contribution is 4.82. The Balaban J connectivity index is 2.56. The first-order chi connectivity index (χ1) is 5.69. The quantitative estimate of drug-likeness (QED) is 0.616. The van der Waals surface area contributed by atoms with Crippen molar-refractivity contribution < 1.29 is 19.7 Å². The molecular weight excluding hydrogens is 160 g/mol. The minimum atomic E-state index is -0.851. The summed E-state index contributed by atoms with van der Waals surface area (Å²) >= 11 is 0. The van der Waals surface area contributed by atoms with E-state index in [-0.39, 0.29) is 18.6 Å². The Morgan fingerprint density at radius 3 is 2.67 bits per heavy atom. The van der Waals surface area contributed by atoms with Gasteiger partial charge in [0.05, 0.1) is 12.2 Å². The van der Waals surface area contributed by atoms with Crippen LogP contribution < -0.4 is 0 Å². The summed E-state index contributed by atoms with van der Waals surface area (Å²) in [5.74, 6) is 0. The van der Waals surface area contributed by atoms with Crippen LogP contribution in [-0.2, 0) is 9.47 Å². The van der Waals surface area contributed by atoms with Gasteiger partial charge in [-0.3, -0.25) is 0 Å². The third kappa shape index (κ3) is 1.95. The molecule has 0 aliphatic carbocycles. The number of methoxy groups -OCH3 is 1. The third-order valence-electron chi connectivity index (χ3n) is 2.20. The molecule has 1 heterocycles. The first-order valence-electron chi connectivity index (χ1n) is 4.23. The van der Waals surface area contributed by atoms with E-state index >= 15 is 0 Å². The highest BCUT2D eigenvalue weighted by Crippen LogP contribution is 2.22. The molecule has 0 aromatic rings. The first kappa shape index (κ1) is 9.92. The van der Waals surface area contributed by atoms with Gasteiger partial charge >= 0.3 is 0 Å². The van der Waals surface area contributed by atoms with Crippen LogP contribution in [0.15, 0.2) is 0 Å². The van der Waals surface area contributed by atoms with Crippen molar-refractivity contribution in [2.75, 3.05) is 7.11 Å². The summed E-state index contributed by atoms with van der Waals surface area (Å²) in [6.07, 6.45) is -1.02. The summed E-state index contributed by atoms with van der Waals surface area (Å²) in [4.78, 5) is 0. The molecule has 0 saturated carbocycles. The van der Waals surface area contributed by atoms with Crippen molar-refractivity contribution >= 4 is 0 Å². The van der Waals surface area contributed by atoms with Crippen molar-refractivity contribution in [1.82, 2.24) is 0 Å². The molecule has 1 saturated heterocycles. The Kier molecular flexibility index (Phi) is 3.46. The van der Waals surface area contributed by atoms with Gasteiger partial charge in [0.2, 0.25) is 0 Å². The van der Waals surface area contributed by atoms with Crippen molar-refractivity contribution in [2.45, 2.75) is 44.4 Å². The largest absolute Gasteiger partial charge is 0.390 e. The molecule has 1 aliphatic rings. The van der Waals surface area contributed by atoms with Crippen LogP contribution in [0.5, 0.6) is 0 Å². The molecular formula is C8H16O4. The Morgan fingerprint density at radius 2 is 2.17 bits per heavy atom. The minimum Gasteiger partial charge on any atom is -0.390 e. The summed E-state index contributed by atoms with van der Waals surface area (Å²) in [6, 6.07) is 0. The van der Waals surface area contributed by atoms with Crippen LogP contribution in [-0.4, -0.2) is 41.9 Å². The van der Waals surface area contributed by atoms with E-state index in [0.29, 0.717) is 0 Å². The SMILES string of the molecule is CC[C@H]1OC(O)C[C@H](O)[C@H]1OC. The Hall–Kier alpha value is -0.160. The van der Waals surface area contributed by atoms with E-state index in [0.717, 1.165) is 6.42 Å². The number of aliphatic hydroxyl groups is 2. The van der Waals surface area contributed by atoms with Gasteiger partial charge in [0.25, 0.3) is 0 Å². The van der Waals surface area contributed by atoms with Gasteiger partial charge in [0, 0.05) is 13.5 Å². The second-order valence-corrected chi connectivity index (χ2v) is 3.04. The fourth-order valence-electron chi connectivity index (χ4n) is 1.56. The van der Waals surface area contributed by atoms with Gasteiger partial charge in [-0.2, -0.15) is 0 Å². The molecule has 72 valence electrons. The van der Waals surface area contributed by atoms with Crippen LogP contribution in [0.25, 0.3) is 0 Å².